The first-order valence-corrected chi connectivity index (χ1v) is 8.57. The minimum Gasteiger partial charge on any atom is -0.490 e. The monoisotopic (exact) mass is 343 g/mol. The lowest BCUT2D eigenvalue weighted by molar-refractivity contribution is 0.0512. The number of ether oxygens (including phenoxy) is 3. The second-order valence-electron chi connectivity index (χ2n) is 5.77. The predicted octanol–water partition coefficient (Wildman–Crippen LogP) is 4.32. The Morgan fingerprint density at radius 1 is 1.20 bits per heavy atom. The molecule has 1 atom stereocenters. The number of carbonyl (C=O) groups is 1. The molecule has 0 saturated carbocycles. The summed E-state index contributed by atoms with van der Waals surface area (Å²) in [5.74, 6) is 0.195. The minimum absolute atomic E-state index is 0.0306. The van der Waals surface area contributed by atoms with E-state index < -0.39 is 5.97 Å². The van der Waals surface area contributed by atoms with Gasteiger partial charge in [-0.3, -0.25) is 0 Å². The Labute approximate surface area is 148 Å². The standard InChI is InChI=1S/C20H25NO4/c1-5-15(4)25-17-12-14(3)21-19(18(17)20(22)23-6-2)24-13-16-10-8-7-9-11-16/h7-12,15H,5-6,13H2,1-4H3. The molecule has 0 aliphatic heterocycles. The summed E-state index contributed by atoms with van der Waals surface area (Å²) < 4.78 is 16.9. The Bertz CT molecular complexity index is 700. The smallest absolute Gasteiger partial charge is 0.347 e. The predicted molar refractivity (Wildman–Crippen MR) is 96.1 cm³/mol. The van der Waals surface area contributed by atoms with Crippen molar-refractivity contribution in [2.75, 3.05) is 6.61 Å². The normalized spacial score (nSPS) is 11.7. The maximum absolute atomic E-state index is 12.5. The summed E-state index contributed by atoms with van der Waals surface area (Å²) in [5.41, 5.74) is 1.95. The zero-order valence-corrected chi connectivity index (χ0v) is 15.2. The second-order valence-corrected chi connectivity index (χ2v) is 5.77. The highest BCUT2D eigenvalue weighted by atomic mass is 16.5. The number of benzene rings is 1. The van der Waals surface area contributed by atoms with E-state index in [0.29, 0.717) is 12.4 Å². The molecule has 25 heavy (non-hydrogen) atoms. The third kappa shape index (κ3) is 5.21. The number of aryl methyl sites for hydroxylation is 1. The van der Waals surface area contributed by atoms with Crippen molar-refractivity contribution in [3.8, 4) is 11.6 Å². The summed E-state index contributed by atoms with van der Waals surface area (Å²) in [4.78, 5) is 16.8. The van der Waals surface area contributed by atoms with E-state index in [1.54, 1.807) is 13.0 Å². The number of esters is 1. The molecular formula is C20H25NO4. The van der Waals surface area contributed by atoms with Gasteiger partial charge in [-0.05, 0) is 32.8 Å². The molecule has 1 aromatic carbocycles. The maximum Gasteiger partial charge on any atom is 0.347 e. The van der Waals surface area contributed by atoms with Crippen LogP contribution in [0.15, 0.2) is 36.4 Å². The van der Waals surface area contributed by atoms with E-state index in [1.165, 1.54) is 0 Å². The van der Waals surface area contributed by atoms with Crippen molar-refractivity contribution >= 4 is 5.97 Å². The largest absolute Gasteiger partial charge is 0.490 e. The fourth-order valence-electron chi connectivity index (χ4n) is 2.23. The molecule has 0 aliphatic carbocycles. The molecule has 0 radical (unpaired) electrons. The van der Waals surface area contributed by atoms with E-state index in [1.807, 2.05) is 51.1 Å². The van der Waals surface area contributed by atoms with Gasteiger partial charge in [-0.1, -0.05) is 37.3 Å². The Morgan fingerprint density at radius 3 is 2.56 bits per heavy atom. The van der Waals surface area contributed by atoms with E-state index in [-0.39, 0.29) is 24.2 Å². The van der Waals surface area contributed by atoms with Crippen LogP contribution in [0.2, 0.25) is 0 Å². The summed E-state index contributed by atoms with van der Waals surface area (Å²) in [5, 5.41) is 0. The number of pyridine rings is 1. The van der Waals surface area contributed by atoms with Crippen LogP contribution >= 0.6 is 0 Å². The number of carbonyl (C=O) groups excluding carboxylic acids is 1. The lowest BCUT2D eigenvalue weighted by Gasteiger charge is -2.18. The molecular weight excluding hydrogens is 318 g/mol. The molecule has 0 aliphatic rings. The van der Waals surface area contributed by atoms with Gasteiger partial charge in [0.15, 0.2) is 5.56 Å². The van der Waals surface area contributed by atoms with Crippen molar-refractivity contribution in [2.24, 2.45) is 0 Å². The van der Waals surface area contributed by atoms with Gasteiger partial charge in [0.1, 0.15) is 12.4 Å². The van der Waals surface area contributed by atoms with Crippen LogP contribution in [0.4, 0.5) is 0 Å². The maximum atomic E-state index is 12.5. The summed E-state index contributed by atoms with van der Waals surface area (Å²) >= 11 is 0. The molecule has 0 bridgehead atoms. The zero-order chi connectivity index (χ0) is 18.2. The molecule has 1 aromatic heterocycles. The van der Waals surface area contributed by atoms with Gasteiger partial charge >= 0.3 is 5.97 Å². The molecule has 134 valence electrons. The van der Waals surface area contributed by atoms with E-state index in [0.717, 1.165) is 17.7 Å². The van der Waals surface area contributed by atoms with Crippen molar-refractivity contribution < 1.29 is 19.0 Å². The van der Waals surface area contributed by atoms with Crippen LogP contribution in [0.5, 0.6) is 11.6 Å². The lowest BCUT2D eigenvalue weighted by Crippen LogP contribution is -2.16. The number of hydrogen-bond acceptors (Lipinski definition) is 5. The molecule has 5 nitrogen and oxygen atoms in total. The first-order chi connectivity index (χ1) is 12.0. The summed E-state index contributed by atoms with van der Waals surface area (Å²) in [6.07, 6.45) is 0.793. The lowest BCUT2D eigenvalue weighted by atomic mass is 10.2. The van der Waals surface area contributed by atoms with E-state index in [9.17, 15) is 4.79 Å². The molecule has 0 N–H and O–H groups in total. The molecule has 0 fully saturated rings. The number of aromatic nitrogens is 1. The van der Waals surface area contributed by atoms with Crippen LogP contribution in [-0.2, 0) is 11.3 Å². The van der Waals surface area contributed by atoms with Crippen LogP contribution < -0.4 is 9.47 Å². The highest BCUT2D eigenvalue weighted by Crippen LogP contribution is 2.30. The average Bonchev–Trinajstić information content (AvgIpc) is 2.60. The van der Waals surface area contributed by atoms with Crippen LogP contribution in [0.3, 0.4) is 0 Å². The molecule has 2 aromatic rings. The fourth-order valence-corrected chi connectivity index (χ4v) is 2.23. The highest BCUT2D eigenvalue weighted by Gasteiger charge is 2.24. The first-order valence-electron chi connectivity index (χ1n) is 8.57. The van der Waals surface area contributed by atoms with E-state index in [2.05, 4.69) is 4.98 Å². The van der Waals surface area contributed by atoms with Crippen LogP contribution in [-0.4, -0.2) is 23.7 Å². The van der Waals surface area contributed by atoms with Gasteiger partial charge in [0.2, 0.25) is 5.88 Å². The molecule has 2 rings (SSSR count). The van der Waals surface area contributed by atoms with Gasteiger partial charge in [0.05, 0.1) is 12.7 Å². The minimum atomic E-state index is -0.489. The Balaban J connectivity index is 2.36. The molecule has 1 heterocycles. The molecule has 5 heteroatoms. The molecule has 0 amide bonds. The number of hydrogen-bond donors (Lipinski definition) is 0. The third-order valence-corrected chi connectivity index (χ3v) is 3.68. The quantitative estimate of drug-likeness (QED) is 0.668. The van der Waals surface area contributed by atoms with Gasteiger partial charge in [-0.15, -0.1) is 0 Å². The Kier molecular flexibility index (Phi) is 6.81. The highest BCUT2D eigenvalue weighted by molar-refractivity contribution is 5.95. The van der Waals surface area contributed by atoms with Gasteiger partial charge < -0.3 is 14.2 Å². The van der Waals surface area contributed by atoms with Crippen molar-refractivity contribution in [2.45, 2.75) is 46.8 Å². The number of nitrogens with zero attached hydrogens (tertiary/aromatic N) is 1. The van der Waals surface area contributed by atoms with Crippen molar-refractivity contribution in [1.29, 1.82) is 0 Å². The van der Waals surface area contributed by atoms with E-state index in [4.69, 9.17) is 14.2 Å². The van der Waals surface area contributed by atoms with E-state index >= 15 is 0 Å². The summed E-state index contributed by atoms with van der Waals surface area (Å²) in [6, 6.07) is 11.5. The Morgan fingerprint density at radius 2 is 1.92 bits per heavy atom. The molecule has 0 saturated heterocycles. The van der Waals surface area contributed by atoms with Crippen molar-refractivity contribution in [3.63, 3.8) is 0 Å². The average molecular weight is 343 g/mol. The molecule has 0 spiro atoms. The third-order valence-electron chi connectivity index (χ3n) is 3.68. The van der Waals surface area contributed by atoms with Gasteiger partial charge in [-0.25, -0.2) is 9.78 Å². The zero-order valence-electron chi connectivity index (χ0n) is 15.2. The van der Waals surface area contributed by atoms with Crippen molar-refractivity contribution in [1.82, 2.24) is 4.98 Å². The van der Waals surface area contributed by atoms with Crippen LogP contribution in [0.1, 0.15) is 48.8 Å². The van der Waals surface area contributed by atoms with Gasteiger partial charge in [0.25, 0.3) is 0 Å². The van der Waals surface area contributed by atoms with Gasteiger partial charge in [-0.2, -0.15) is 0 Å². The topological polar surface area (TPSA) is 57.7 Å². The van der Waals surface area contributed by atoms with Crippen molar-refractivity contribution in [3.05, 3.63) is 53.2 Å². The summed E-state index contributed by atoms with van der Waals surface area (Å²) in [6.45, 7) is 8.16. The molecule has 1 unspecified atom stereocenters. The second kappa shape index (κ2) is 9.06. The van der Waals surface area contributed by atoms with Gasteiger partial charge in [0, 0.05) is 11.8 Å². The van der Waals surface area contributed by atoms with Crippen LogP contribution in [0.25, 0.3) is 0 Å². The summed E-state index contributed by atoms with van der Waals surface area (Å²) in [7, 11) is 0. The Hall–Kier alpha value is -2.56. The van der Waals surface area contributed by atoms with Crippen LogP contribution in [0, 0.1) is 6.92 Å². The first kappa shape index (κ1) is 18.8. The fraction of sp³-hybridized carbons (Fsp3) is 0.400. The number of rotatable bonds is 8. The SMILES string of the molecule is CCOC(=O)c1c(OC(C)CC)cc(C)nc1OCc1ccccc1.